The lowest BCUT2D eigenvalue weighted by Gasteiger charge is -2.36. The number of piperazine rings is 1. The van der Waals surface area contributed by atoms with Crippen LogP contribution in [0.2, 0.25) is 0 Å². The van der Waals surface area contributed by atoms with Crippen LogP contribution in [-0.2, 0) is 10.9 Å². The summed E-state index contributed by atoms with van der Waals surface area (Å²) in [5, 5.41) is 0. The molecule has 0 aliphatic carbocycles. The highest BCUT2D eigenvalue weighted by Crippen LogP contribution is 2.29. The number of rotatable bonds is 5. The molecule has 2 aliphatic heterocycles. The van der Waals surface area contributed by atoms with Crippen molar-refractivity contribution >= 4 is 5.82 Å². The molecule has 0 radical (unpaired) electrons. The third kappa shape index (κ3) is 6.59. The maximum absolute atomic E-state index is 12.8. The number of ether oxygens (including phenoxy) is 1. The van der Waals surface area contributed by atoms with Crippen LogP contribution in [0, 0.1) is 11.8 Å². The van der Waals surface area contributed by atoms with E-state index in [1.807, 2.05) is 4.90 Å². The van der Waals surface area contributed by atoms with Gasteiger partial charge in [-0.05, 0) is 38.8 Å². The highest BCUT2D eigenvalue weighted by atomic mass is 19.4. The van der Waals surface area contributed by atoms with Gasteiger partial charge >= 0.3 is 6.18 Å². The topological polar surface area (TPSA) is 31.8 Å². The number of aromatic nitrogens is 1. The standard InChI is InChI=1S/C22H31F3N4O/c1-18(2)28-15-13-27(14-16-28)10-3-4-17-30-19-8-11-29(12-9-19)21-7-5-6-20(26-21)22(23,24)25/h5-7,18-19H,8-17H2,1-2H3. The minimum atomic E-state index is -4.42. The van der Waals surface area contributed by atoms with Gasteiger partial charge in [0.05, 0.1) is 12.6 Å². The molecule has 30 heavy (non-hydrogen) atoms. The predicted octanol–water partition coefficient (Wildman–Crippen LogP) is 3.12. The van der Waals surface area contributed by atoms with Crippen LogP contribution < -0.4 is 4.90 Å². The lowest BCUT2D eigenvalue weighted by Crippen LogP contribution is -2.48. The van der Waals surface area contributed by atoms with Crippen molar-refractivity contribution in [2.24, 2.45) is 0 Å². The van der Waals surface area contributed by atoms with E-state index in [1.165, 1.54) is 6.07 Å². The Bertz CT molecular complexity index is 728. The summed E-state index contributed by atoms with van der Waals surface area (Å²) >= 11 is 0. The third-order valence-corrected chi connectivity index (χ3v) is 5.75. The molecule has 1 aromatic heterocycles. The predicted molar refractivity (Wildman–Crippen MR) is 111 cm³/mol. The summed E-state index contributed by atoms with van der Waals surface area (Å²) in [6.45, 7) is 11.2. The number of halogens is 3. The van der Waals surface area contributed by atoms with Gasteiger partial charge in [-0.15, -0.1) is 0 Å². The van der Waals surface area contributed by atoms with Gasteiger partial charge in [0, 0.05) is 45.3 Å². The monoisotopic (exact) mass is 424 g/mol. The van der Waals surface area contributed by atoms with Crippen molar-refractivity contribution in [3.63, 3.8) is 0 Å². The first-order valence-corrected chi connectivity index (χ1v) is 10.7. The molecule has 0 saturated carbocycles. The molecule has 1 aromatic rings. The molecule has 166 valence electrons. The molecule has 2 fully saturated rings. The Hall–Kier alpha value is -1.82. The summed E-state index contributed by atoms with van der Waals surface area (Å²) in [5.41, 5.74) is -0.848. The van der Waals surface area contributed by atoms with Gasteiger partial charge in [0.1, 0.15) is 18.1 Å². The molecule has 0 atom stereocenters. The van der Waals surface area contributed by atoms with E-state index in [0.717, 1.165) is 51.6 Å². The van der Waals surface area contributed by atoms with Crippen molar-refractivity contribution in [1.82, 2.24) is 14.8 Å². The molecule has 0 aromatic carbocycles. The number of piperidine rings is 1. The Kier molecular flexibility index (Phi) is 7.98. The van der Waals surface area contributed by atoms with Crippen molar-refractivity contribution in [2.75, 3.05) is 57.3 Å². The van der Waals surface area contributed by atoms with Gasteiger partial charge in [-0.3, -0.25) is 9.80 Å². The van der Waals surface area contributed by atoms with Gasteiger partial charge in [0.15, 0.2) is 0 Å². The van der Waals surface area contributed by atoms with E-state index in [4.69, 9.17) is 4.74 Å². The molecular formula is C22H31F3N4O. The summed E-state index contributed by atoms with van der Waals surface area (Å²) in [6, 6.07) is 4.64. The van der Waals surface area contributed by atoms with Crippen molar-refractivity contribution < 1.29 is 17.9 Å². The van der Waals surface area contributed by atoms with Crippen LogP contribution in [0.3, 0.4) is 0 Å². The van der Waals surface area contributed by atoms with Crippen LogP contribution >= 0.6 is 0 Å². The Balaban J connectivity index is 1.35. The van der Waals surface area contributed by atoms with E-state index < -0.39 is 11.9 Å². The molecule has 2 saturated heterocycles. The molecule has 8 heteroatoms. The van der Waals surface area contributed by atoms with Gasteiger partial charge < -0.3 is 9.64 Å². The van der Waals surface area contributed by atoms with E-state index in [2.05, 4.69) is 40.5 Å². The van der Waals surface area contributed by atoms with Crippen LogP contribution in [0.4, 0.5) is 19.0 Å². The van der Waals surface area contributed by atoms with Gasteiger partial charge in [-0.2, -0.15) is 13.2 Å². The Morgan fingerprint density at radius 2 is 1.77 bits per heavy atom. The number of nitrogens with zero attached hydrogens (tertiary/aromatic N) is 4. The van der Waals surface area contributed by atoms with Crippen LogP contribution in [0.15, 0.2) is 18.2 Å². The number of pyridine rings is 1. The minimum Gasteiger partial charge on any atom is -0.365 e. The lowest BCUT2D eigenvalue weighted by molar-refractivity contribution is -0.141. The molecule has 3 heterocycles. The second-order valence-corrected chi connectivity index (χ2v) is 8.14. The van der Waals surface area contributed by atoms with Gasteiger partial charge in [0.2, 0.25) is 0 Å². The highest BCUT2D eigenvalue weighted by Gasteiger charge is 2.33. The summed E-state index contributed by atoms with van der Waals surface area (Å²) in [6.07, 6.45) is -2.80. The van der Waals surface area contributed by atoms with Crippen molar-refractivity contribution in [3.05, 3.63) is 23.9 Å². The zero-order chi connectivity index (χ0) is 21.6. The average molecular weight is 425 g/mol. The van der Waals surface area contributed by atoms with E-state index in [0.29, 0.717) is 31.6 Å². The maximum atomic E-state index is 12.8. The molecule has 0 spiro atoms. The van der Waals surface area contributed by atoms with Crippen LogP contribution in [-0.4, -0.2) is 79.3 Å². The van der Waals surface area contributed by atoms with Crippen molar-refractivity contribution in [3.8, 4) is 11.8 Å². The van der Waals surface area contributed by atoms with E-state index >= 15 is 0 Å². The fourth-order valence-electron chi connectivity index (χ4n) is 3.82. The number of hydrogen-bond acceptors (Lipinski definition) is 5. The second-order valence-electron chi connectivity index (χ2n) is 8.14. The molecular weight excluding hydrogens is 393 g/mol. The fraction of sp³-hybridized carbons (Fsp3) is 0.682. The highest BCUT2D eigenvalue weighted by molar-refractivity contribution is 5.40. The first kappa shape index (κ1) is 22.9. The Morgan fingerprint density at radius 1 is 1.07 bits per heavy atom. The third-order valence-electron chi connectivity index (χ3n) is 5.75. The van der Waals surface area contributed by atoms with Crippen molar-refractivity contribution in [2.45, 2.75) is 45.0 Å². The largest absolute Gasteiger partial charge is 0.433 e. The summed E-state index contributed by atoms with van der Waals surface area (Å²) < 4.78 is 44.4. The van der Waals surface area contributed by atoms with Crippen LogP contribution in [0.5, 0.6) is 0 Å². The molecule has 5 nitrogen and oxygen atoms in total. The van der Waals surface area contributed by atoms with E-state index in [1.54, 1.807) is 6.07 Å². The Morgan fingerprint density at radius 3 is 2.40 bits per heavy atom. The zero-order valence-corrected chi connectivity index (χ0v) is 17.8. The zero-order valence-electron chi connectivity index (χ0n) is 17.8. The Labute approximate surface area is 177 Å². The van der Waals surface area contributed by atoms with Gasteiger partial charge in [0.25, 0.3) is 0 Å². The SMILES string of the molecule is CC(C)N1CCN(CC#CCOC2CCN(c3cccc(C(F)(F)F)n3)CC2)CC1. The summed E-state index contributed by atoms with van der Waals surface area (Å²) in [4.78, 5) is 10.5. The second kappa shape index (κ2) is 10.5. The first-order chi connectivity index (χ1) is 14.3. The molecule has 0 bridgehead atoms. The van der Waals surface area contributed by atoms with E-state index in [-0.39, 0.29) is 6.10 Å². The molecule has 0 unspecified atom stereocenters. The number of anilines is 1. The van der Waals surface area contributed by atoms with Gasteiger partial charge in [-0.1, -0.05) is 17.9 Å². The minimum absolute atomic E-state index is 0.0935. The molecule has 0 N–H and O–H groups in total. The molecule has 3 rings (SSSR count). The number of hydrogen-bond donors (Lipinski definition) is 0. The van der Waals surface area contributed by atoms with E-state index in [9.17, 15) is 13.2 Å². The van der Waals surface area contributed by atoms with Crippen LogP contribution in [0.25, 0.3) is 0 Å². The number of alkyl halides is 3. The molecule has 2 aliphatic rings. The average Bonchev–Trinajstić information content (AvgIpc) is 2.74. The van der Waals surface area contributed by atoms with Gasteiger partial charge in [-0.25, -0.2) is 4.98 Å². The fourth-order valence-corrected chi connectivity index (χ4v) is 3.82. The summed E-state index contributed by atoms with van der Waals surface area (Å²) in [5.74, 6) is 6.68. The quantitative estimate of drug-likeness (QED) is 0.678. The van der Waals surface area contributed by atoms with Crippen LogP contribution in [0.1, 0.15) is 32.4 Å². The molecule has 0 amide bonds. The normalized spacial score (nSPS) is 19.7. The lowest BCUT2D eigenvalue weighted by atomic mass is 10.1. The van der Waals surface area contributed by atoms with Crippen molar-refractivity contribution in [1.29, 1.82) is 0 Å². The smallest absolute Gasteiger partial charge is 0.365 e. The first-order valence-electron chi connectivity index (χ1n) is 10.7. The summed E-state index contributed by atoms with van der Waals surface area (Å²) in [7, 11) is 0. The maximum Gasteiger partial charge on any atom is 0.433 e.